The molecule has 0 N–H and O–H groups in total. The van der Waals surface area contributed by atoms with Gasteiger partial charge >= 0.3 is 0 Å². The lowest BCUT2D eigenvalue weighted by atomic mass is 9.55. The van der Waals surface area contributed by atoms with E-state index in [9.17, 15) is 0 Å². The second-order valence-corrected chi connectivity index (χ2v) is 18.8. The molecule has 3 aliphatic carbocycles. The Hall–Kier alpha value is -7.42. The van der Waals surface area contributed by atoms with E-state index in [0.717, 1.165) is 39.0 Å². The fraction of sp³-hybridized carbons (Fsp3) is 0.115. The van der Waals surface area contributed by atoms with E-state index in [1.165, 1.54) is 77.9 Å². The van der Waals surface area contributed by atoms with Crippen molar-refractivity contribution in [1.29, 1.82) is 0 Å². The van der Waals surface area contributed by atoms with E-state index >= 15 is 0 Å². The molecule has 0 saturated carbocycles. The number of hydrogen-bond donors (Lipinski definition) is 0. The Labute approximate surface area is 368 Å². The Bertz CT molecular complexity index is 3480. The van der Waals surface area contributed by atoms with Crippen molar-refractivity contribution in [1.82, 2.24) is 0 Å². The van der Waals surface area contributed by atoms with Crippen LogP contribution >= 0.6 is 0 Å². The van der Waals surface area contributed by atoms with Gasteiger partial charge in [0.2, 0.25) is 0 Å². The fourth-order valence-corrected chi connectivity index (χ4v) is 12.0. The largest absolute Gasteiger partial charge is 0.456 e. The van der Waals surface area contributed by atoms with Crippen molar-refractivity contribution in [2.24, 2.45) is 0 Å². The first-order valence-electron chi connectivity index (χ1n) is 22.3. The zero-order valence-electron chi connectivity index (χ0n) is 35.9. The highest BCUT2D eigenvalue weighted by Gasteiger charge is 2.53. The number of furan rings is 1. The maximum absolute atomic E-state index is 6.31. The van der Waals surface area contributed by atoms with E-state index in [2.05, 4.69) is 227 Å². The number of rotatable bonds is 4. The van der Waals surface area contributed by atoms with Gasteiger partial charge in [0.15, 0.2) is 0 Å². The van der Waals surface area contributed by atoms with Crippen LogP contribution in [0.4, 0.5) is 17.1 Å². The molecule has 1 spiro atoms. The smallest absolute Gasteiger partial charge is 0.135 e. The van der Waals surface area contributed by atoms with E-state index in [1.807, 2.05) is 6.07 Å². The summed E-state index contributed by atoms with van der Waals surface area (Å²) in [5.74, 6) is 0. The van der Waals surface area contributed by atoms with Crippen LogP contribution in [0.25, 0.3) is 55.3 Å². The number of anilines is 3. The first-order chi connectivity index (χ1) is 30.7. The normalized spacial score (nSPS) is 15.4. The van der Waals surface area contributed by atoms with Gasteiger partial charge in [0.1, 0.15) is 11.2 Å². The van der Waals surface area contributed by atoms with Crippen molar-refractivity contribution in [3.63, 3.8) is 0 Å². The highest BCUT2D eigenvalue weighted by Crippen LogP contribution is 2.62. The van der Waals surface area contributed by atoms with Crippen molar-refractivity contribution in [3.05, 3.63) is 245 Å². The Morgan fingerprint density at radius 2 is 0.794 bits per heavy atom. The molecule has 3 aliphatic rings. The summed E-state index contributed by atoms with van der Waals surface area (Å²) in [4.78, 5) is 2.41. The van der Waals surface area contributed by atoms with Crippen LogP contribution in [0.5, 0.6) is 0 Å². The third-order valence-electron chi connectivity index (χ3n) is 15.0. The predicted octanol–water partition coefficient (Wildman–Crippen LogP) is 16.0. The molecule has 1 heterocycles. The molecule has 1 aromatic heterocycles. The van der Waals surface area contributed by atoms with Crippen LogP contribution in [-0.4, -0.2) is 0 Å². The second kappa shape index (κ2) is 12.8. The minimum atomic E-state index is -0.432. The summed E-state index contributed by atoms with van der Waals surface area (Å²) < 4.78 is 6.31. The third kappa shape index (κ3) is 4.84. The third-order valence-corrected chi connectivity index (χ3v) is 15.0. The van der Waals surface area contributed by atoms with Gasteiger partial charge in [0, 0.05) is 38.7 Å². The summed E-state index contributed by atoms with van der Waals surface area (Å²) in [7, 11) is 0. The summed E-state index contributed by atoms with van der Waals surface area (Å²) in [5.41, 5.74) is 23.1. The first-order valence-corrected chi connectivity index (χ1v) is 22.3. The lowest BCUT2D eigenvalue weighted by Crippen LogP contribution is -2.40. The summed E-state index contributed by atoms with van der Waals surface area (Å²) in [5, 5.41) is 2.24. The van der Waals surface area contributed by atoms with Crippen molar-refractivity contribution < 1.29 is 4.42 Å². The number of para-hydroxylation sites is 1. The Morgan fingerprint density at radius 1 is 0.317 bits per heavy atom. The van der Waals surface area contributed by atoms with Crippen LogP contribution in [0.1, 0.15) is 72.2 Å². The average Bonchev–Trinajstić information content (AvgIpc) is 3.92. The van der Waals surface area contributed by atoms with E-state index in [4.69, 9.17) is 4.42 Å². The first kappa shape index (κ1) is 36.3. The van der Waals surface area contributed by atoms with Crippen molar-refractivity contribution >= 4 is 39.0 Å². The zero-order valence-corrected chi connectivity index (χ0v) is 35.9. The van der Waals surface area contributed by atoms with Crippen LogP contribution in [0.3, 0.4) is 0 Å². The van der Waals surface area contributed by atoms with E-state index in [1.54, 1.807) is 0 Å². The average molecular weight is 808 g/mol. The SMILES string of the molecule is CC1(C)c2ccccc2-c2ccc(N(c3ccc(-c4ccc5c(c4)C4(c6ccccc6-5)c5ccccc5C(C)(C)c5ccccc54)cc3)c3ccc4oc5ccccc5c4c3)cc21. The monoisotopic (exact) mass is 807 g/mol. The van der Waals surface area contributed by atoms with Crippen LogP contribution < -0.4 is 4.90 Å². The standard InChI is InChI=1S/C61H45NO/c1-59(2)49-18-8-5-15-43(49)45-33-30-42(37-55(45)59)62(41-31-34-58-48(36-41)47-17-7-14-24-57(47)63-58)40-28-25-38(26-29-40)39-27-32-46-44-16-6-9-19-50(44)61(56(46)35-39)53-22-12-10-20-51(53)60(3,4)52-21-11-13-23-54(52)61/h5-37H,1-4H3. The molecule has 0 fully saturated rings. The van der Waals surface area contributed by atoms with Gasteiger partial charge in [0.25, 0.3) is 0 Å². The Morgan fingerprint density at radius 3 is 1.52 bits per heavy atom. The number of benzene rings is 9. The highest BCUT2D eigenvalue weighted by molar-refractivity contribution is 6.06. The van der Waals surface area contributed by atoms with Crippen molar-refractivity contribution in [2.45, 2.75) is 43.9 Å². The molecule has 13 rings (SSSR count). The van der Waals surface area contributed by atoms with Gasteiger partial charge in [-0.05, 0) is 132 Å². The maximum Gasteiger partial charge on any atom is 0.135 e. The molecule has 9 aromatic carbocycles. The van der Waals surface area contributed by atoms with E-state index in [0.29, 0.717) is 0 Å². The molecule has 0 radical (unpaired) electrons. The maximum atomic E-state index is 6.31. The van der Waals surface area contributed by atoms with Gasteiger partial charge in [-0.25, -0.2) is 0 Å². The van der Waals surface area contributed by atoms with Crippen molar-refractivity contribution in [2.75, 3.05) is 4.90 Å². The van der Waals surface area contributed by atoms with Crippen molar-refractivity contribution in [3.8, 4) is 33.4 Å². The molecule has 0 aliphatic heterocycles. The van der Waals surface area contributed by atoms with Crippen LogP contribution in [0.15, 0.2) is 205 Å². The summed E-state index contributed by atoms with van der Waals surface area (Å²) in [6.45, 7) is 9.49. The molecule has 0 unspecified atom stereocenters. The van der Waals surface area contributed by atoms with Gasteiger partial charge < -0.3 is 9.32 Å². The van der Waals surface area contributed by atoms with Crippen LogP contribution in [-0.2, 0) is 16.2 Å². The number of fused-ring (bicyclic) bond motifs is 15. The molecule has 0 bridgehead atoms. The summed E-state index contributed by atoms with van der Waals surface area (Å²) >= 11 is 0. The molecular weight excluding hydrogens is 763 g/mol. The minimum Gasteiger partial charge on any atom is -0.456 e. The Balaban J connectivity index is 0.973. The minimum absolute atomic E-state index is 0.123. The molecule has 10 aromatic rings. The molecule has 300 valence electrons. The number of hydrogen-bond acceptors (Lipinski definition) is 2. The second-order valence-electron chi connectivity index (χ2n) is 18.8. The topological polar surface area (TPSA) is 16.4 Å². The van der Waals surface area contributed by atoms with Gasteiger partial charge in [-0.1, -0.05) is 173 Å². The quantitative estimate of drug-likeness (QED) is 0.176. The lowest BCUT2D eigenvalue weighted by molar-refractivity contribution is 0.563. The molecular formula is C61H45NO. The van der Waals surface area contributed by atoms with Gasteiger partial charge in [0.05, 0.1) is 5.41 Å². The number of nitrogens with zero attached hydrogens (tertiary/aromatic N) is 1. The molecule has 2 heteroatoms. The summed E-state index contributed by atoms with van der Waals surface area (Å²) in [6, 6.07) is 74.7. The van der Waals surface area contributed by atoms with Crippen LogP contribution in [0.2, 0.25) is 0 Å². The molecule has 63 heavy (non-hydrogen) atoms. The van der Waals surface area contributed by atoms with Crippen LogP contribution in [0, 0.1) is 0 Å². The van der Waals surface area contributed by atoms with E-state index < -0.39 is 5.41 Å². The molecule has 0 amide bonds. The van der Waals surface area contributed by atoms with Gasteiger partial charge in [-0.2, -0.15) is 0 Å². The fourth-order valence-electron chi connectivity index (χ4n) is 12.0. The van der Waals surface area contributed by atoms with Gasteiger partial charge in [-0.15, -0.1) is 0 Å². The van der Waals surface area contributed by atoms with Gasteiger partial charge in [-0.3, -0.25) is 0 Å². The lowest BCUT2D eigenvalue weighted by Gasteiger charge is -2.46. The molecule has 2 nitrogen and oxygen atoms in total. The van der Waals surface area contributed by atoms with E-state index in [-0.39, 0.29) is 10.8 Å². The summed E-state index contributed by atoms with van der Waals surface area (Å²) in [6.07, 6.45) is 0. The highest BCUT2D eigenvalue weighted by atomic mass is 16.3. The molecule has 0 saturated heterocycles. The molecule has 0 atom stereocenters. The Kier molecular flexibility index (Phi) is 7.37. The zero-order chi connectivity index (χ0) is 42.2. The predicted molar refractivity (Wildman–Crippen MR) is 261 cm³/mol.